The van der Waals surface area contributed by atoms with Crippen molar-refractivity contribution >= 4 is 17.2 Å². The van der Waals surface area contributed by atoms with E-state index in [1.165, 1.54) is 5.56 Å². The van der Waals surface area contributed by atoms with Gasteiger partial charge < -0.3 is 9.64 Å². The molecule has 3 nitrogen and oxygen atoms in total. The van der Waals surface area contributed by atoms with Crippen molar-refractivity contribution < 1.29 is 9.53 Å². The molecule has 0 unspecified atom stereocenters. The van der Waals surface area contributed by atoms with Crippen LogP contribution in [0, 0.1) is 12.8 Å². The zero-order valence-corrected chi connectivity index (χ0v) is 14.3. The predicted octanol–water partition coefficient (Wildman–Crippen LogP) is 3.87. The first-order valence-electron chi connectivity index (χ1n) is 7.84. The Kier molecular flexibility index (Phi) is 3.65. The van der Waals surface area contributed by atoms with E-state index in [1.54, 1.807) is 11.3 Å². The molecule has 2 aliphatic rings. The number of piperidine rings is 1. The largest absolute Gasteiger partial charge is 0.369 e. The van der Waals surface area contributed by atoms with Crippen molar-refractivity contribution in [2.75, 3.05) is 13.1 Å². The molecular formula is C17H25NO2S. The second-order valence-corrected chi connectivity index (χ2v) is 8.31. The van der Waals surface area contributed by atoms with E-state index in [0.717, 1.165) is 37.2 Å². The highest BCUT2D eigenvalue weighted by Crippen LogP contribution is 2.44. The quantitative estimate of drug-likeness (QED) is 0.788. The number of carbonyl (C=O) groups is 1. The second kappa shape index (κ2) is 5.10. The summed E-state index contributed by atoms with van der Waals surface area (Å²) >= 11 is 1.56. The third-order valence-corrected chi connectivity index (χ3v) is 6.05. The van der Waals surface area contributed by atoms with Crippen LogP contribution in [0.25, 0.3) is 0 Å². The van der Waals surface area contributed by atoms with Gasteiger partial charge in [0.1, 0.15) is 0 Å². The number of hydrogen-bond acceptors (Lipinski definition) is 3. The SMILES string of the molecule is Cc1csc(C(=O)N2CC[C@@]3(C)OC(C)(C)CC[C@H]3C2)c1. The number of carbonyl (C=O) groups excluding carboxylic acids is 1. The lowest BCUT2D eigenvalue weighted by Crippen LogP contribution is -2.58. The molecule has 1 aromatic heterocycles. The van der Waals surface area contributed by atoms with Gasteiger partial charge in [0.05, 0.1) is 16.1 Å². The van der Waals surface area contributed by atoms with Gasteiger partial charge in [-0.05, 0) is 64.0 Å². The minimum Gasteiger partial charge on any atom is -0.369 e. The Balaban J connectivity index is 1.72. The number of fused-ring (bicyclic) bond motifs is 1. The predicted molar refractivity (Wildman–Crippen MR) is 85.9 cm³/mol. The maximum Gasteiger partial charge on any atom is 0.263 e. The number of amides is 1. The Morgan fingerprint density at radius 3 is 2.81 bits per heavy atom. The molecule has 3 heterocycles. The molecule has 116 valence electrons. The number of hydrogen-bond donors (Lipinski definition) is 0. The summed E-state index contributed by atoms with van der Waals surface area (Å²) in [5, 5.41) is 2.05. The molecule has 0 radical (unpaired) electrons. The molecule has 2 atom stereocenters. The fourth-order valence-corrected chi connectivity index (χ4v) is 4.59. The van der Waals surface area contributed by atoms with Gasteiger partial charge in [-0.25, -0.2) is 0 Å². The molecule has 4 heteroatoms. The third-order valence-electron chi connectivity index (χ3n) is 5.02. The molecule has 21 heavy (non-hydrogen) atoms. The lowest BCUT2D eigenvalue weighted by Gasteiger charge is -2.53. The number of rotatable bonds is 1. The zero-order valence-electron chi connectivity index (χ0n) is 13.4. The van der Waals surface area contributed by atoms with Crippen molar-refractivity contribution in [1.29, 1.82) is 0 Å². The van der Waals surface area contributed by atoms with E-state index in [9.17, 15) is 4.79 Å². The molecule has 2 fully saturated rings. The molecule has 0 bridgehead atoms. The second-order valence-electron chi connectivity index (χ2n) is 7.40. The molecule has 3 rings (SSSR count). The first kappa shape index (κ1) is 15.0. The maximum absolute atomic E-state index is 12.6. The fourth-order valence-electron chi connectivity index (χ4n) is 3.73. The molecular weight excluding hydrogens is 282 g/mol. The molecule has 2 saturated heterocycles. The Morgan fingerprint density at radius 2 is 2.14 bits per heavy atom. The van der Waals surface area contributed by atoms with E-state index < -0.39 is 0 Å². The van der Waals surface area contributed by atoms with Gasteiger partial charge in [0.25, 0.3) is 5.91 Å². The minimum atomic E-state index is -0.0656. The van der Waals surface area contributed by atoms with Crippen LogP contribution in [-0.4, -0.2) is 35.1 Å². The van der Waals surface area contributed by atoms with Gasteiger partial charge in [-0.2, -0.15) is 0 Å². The van der Waals surface area contributed by atoms with Crippen molar-refractivity contribution in [3.8, 4) is 0 Å². The lowest BCUT2D eigenvalue weighted by molar-refractivity contribution is -0.210. The average Bonchev–Trinajstić information content (AvgIpc) is 2.82. The highest BCUT2D eigenvalue weighted by Gasteiger charge is 2.48. The van der Waals surface area contributed by atoms with Crippen molar-refractivity contribution in [3.05, 3.63) is 21.9 Å². The van der Waals surface area contributed by atoms with Crippen LogP contribution in [0.4, 0.5) is 0 Å². The van der Waals surface area contributed by atoms with E-state index in [4.69, 9.17) is 4.74 Å². The number of aryl methyl sites for hydroxylation is 1. The number of nitrogens with zero attached hydrogens (tertiary/aromatic N) is 1. The number of thiophene rings is 1. The van der Waals surface area contributed by atoms with Crippen molar-refractivity contribution in [1.82, 2.24) is 4.90 Å². The van der Waals surface area contributed by atoms with Crippen molar-refractivity contribution in [2.45, 2.75) is 58.2 Å². The summed E-state index contributed by atoms with van der Waals surface area (Å²) in [6.07, 6.45) is 3.17. The van der Waals surface area contributed by atoms with E-state index in [0.29, 0.717) is 5.92 Å². The summed E-state index contributed by atoms with van der Waals surface area (Å²) < 4.78 is 6.37. The van der Waals surface area contributed by atoms with Gasteiger partial charge in [0.15, 0.2) is 0 Å². The summed E-state index contributed by atoms with van der Waals surface area (Å²) in [5.74, 6) is 0.657. The molecule has 0 aliphatic carbocycles. The Hall–Kier alpha value is -0.870. The molecule has 0 aromatic carbocycles. The fraction of sp³-hybridized carbons (Fsp3) is 0.706. The Bertz CT molecular complexity index is 551. The monoisotopic (exact) mass is 307 g/mol. The van der Waals surface area contributed by atoms with Crippen LogP contribution in [0.2, 0.25) is 0 Å². The maximum atomic E-state index is 12.6. The van der Waals surface area contributed by atoms with Crippen LogP contribution < -0.4 is 0 Å². The highest BCUT2D eigenvalue weighted by molar-refractivity contribution is 7.12. The van der Waals surface area contributed by atoms with E-state index in [1.807, 2.05) is 23.3 Å². The van der Waals surface area contributed by atoms with Gasteiger partial charge in [-0.3, -0.25) is 4.79 Å². The summed E-state index contributed by atoms with van der Waals surface area (Å²) in [6.45, 7) is 10.3. The van der Waals surface area contributed by atoms with Crippen LogP contribution >= 0.6 is 11.3 Å². The summed E-state index contributed by atoms with van der Waals surface area (Å²) in [5.41, 5.74) is 1.08. The molecule has 0 spiro atoms. The van der Waals surface area contributed by atoms with Crippen molar-refractivity contribution in [2.24, 2.45) is 5.92 Å². The Morgan fingerprint density at radius 1 is 1.38 bits per heavy atom. The normalized spacial score (nSPS) is 31.8. The van der Waals surface area contributed by atoms with E-state index in [2.05, 4.69) is 20.8 Å². The molecule has 0 N–H and O–H groups in total. The average molecular weight is 307 g/mol. The highest BCUT2D eigenvalue weighted by atomic mass is 32.1. The molecule has 1 amide bonds. The third kappa shape index (κ3) is 2.88. The van der Waals surface area contributed by atoms with Crippen LogP contribution in [0.15, 0.2) is 11.4 Å². The Labute approximate surface area is 131 Å². The van der Waals surface area contributed by atoms with Gasteiger partial charge >= 0.3 is 0 Å². The van der Waals surface area contributed by atoms with E-state index >= 15 is 0 Å². The zero-order chi connectivity index (χ0) is 15.3. The molecule has 1 aromatic rings. The number of likely N-dealkylation sites (tertiary alicyclic amines) is 1. The van der Waals surface area contributed by atoms with Gasteiger partial charge in [0, 0.05) is 19.0 Å². The van der Waals surface area contributed by atoms with Crippen LogP contribution in [-0.2, 0) is 4.74 Å². The van der Waals surface area contributed by atoms with Gasteiger partial charge in [-0.15, -0.1) is 11.3 Å². The minimum absolute atomic E-state index is 0.0255. The first-order valence-corrected chi connectivity index (χ1v) is 8.72. The van der Waals surface area contributed by atoms with Gasteiger partial charge in [0.2, 0.25) is 0 Å². The lowest BCUT2D eigenvalue weighted by atomic mass is 9.74. The summed E-state index contributed by atoms with van der Waals surface area (Å²) in [7, 11) is 0. The summed E-state index contributed by atoms with van der Waals surface area (Å²) in [6, 6.07) is 2.00. The van der Waals surface area contributed by atoms with E-state index in [-0.39, 0.29) is 17.1 Å². The topological polar surface area (TPSA) is 29.5 Å². The van der Waals surface area contributed by atoms with Gasteiger partial charge in [-0.1, -0.05) is 0 Å². The van der Waals surface area contributed by atoms with Crippen LogP contribution in [0.3, 0.4) is 0 Å². The standard InChI is InChI=1S/C17H25NO2S/c1-12-9-14(21-11-12)15(19)18-8-7-17(4)13(10-18)5-6-16(2,3)20-17/h9,11,13H,5-8,10H2,1-4H3/t13-,17+/m0/s1. The summed E-state index contributed by atoms with van der Waals surface area (Å²) in [4.78, 5) is 15.5. The van der Waals surface area contributed by atoms with Crippen molar-refractivity contribution in [3.63, 3.8) is 0 Å². The van der Waals surface area contributed by atoms with Crippen LogP contribution in [0.1, 0.15) is 55.3 Å². The molecule has 0 saturated carbocycles. The molecule has 2 aliphatic heterocycles. The first-order chi connectivity index (χ1) is 9.79. The number of ether oxygens (including phenoxy) is 1. The van der Waals surface area contributed by atoms with Crippen LogP contribution in [0.5, 0.6) is 0 Å². The smallest absolute Gasteiger partial charge is 0.263 e.